The first-order valence-electron chi connectivity index (χ1n) is 28.4. The predicted molar refractivity (Wildman–Crippen MR) is 281 cm³/mol. The van der Waals surface area contributed by atoms with Crippen LogP contribution in [0, 0.1) is 0 Å². The molecule has 6 N–H and O–H groups in total. The Balaban J connectivity index is 2.27. The number of ether oxygens (including phenoxy) is 2. The Morgan fingerprint density at radius 2 is 0.896 bits per heavy atom. The van der Waals surface area contributed by atoms with E-state index in [4.69, 9.17) is 9.47 Å². The van der Waals surface area contributed by atoms with Crippen LogP contribution in [0.3, 0.4) is 0 Å². The third-order valence-corrected chi connectivity index (χ3v) is 13.4. The molecular formula is C58H107NO8. The second kappa shape index (κ2) is 47.8. The van der Waals surface area contributed by atoms with Crippen molar-refractivity contribution in [2.75, 3.05) is 13.2 Å². The first-order chi connectivity index (χ1) is 32.8. The average molecular weight is 946 g/mol. The normalized spacial score (nSPS) is 20.0. The zero-order valence-electron chi connectivity index (χ0n) is 43.4. The summed E-state index contributed by atoms with van der Waals surface area (Å²) in [5, 5.41) is 54.5. The monoisotopic (exact) mass is 946 g/mol. The van der Waals surface area contributed by atoms with Crippen molar-refractivity contribution in [2.45, 2.75) is 301 Å². The van der Waals surface area contributed by atoms with E-state index in [1.54, 1.807) is 6.08 Å². The molecule has 7 atom stereocenters. The Kier molecular flexibility index (Phi) is 45.1. The number of carbonyl (C=O) groups is 1. The number of hydrogen-bond acceptors (Lipinski definition) is 8. The molecule has 0 aromatic rings. The predicted octanol–water partition coefficient (Wildman–Crippen LogP) is 13.7. The van der Waals surface area contributed by atoms with Gasteiger partial charge in [0.25, 0.3) is 0 Å². The van der Waals surface area contributed by atoms with Crippen molar-refractivity contribution in [1.82, 2.24) is 5.32 Å². The highest BCUT2D eigenvalue weighted by Gasteiger charge is 2.44. The molecule has 67 heavy (non-hydrogen) atoms. The summed E-state index contributed by atoms with van der Waals surface area (Å²) in [6.45, 7) is 3.77. The standard InChI is InChI=1S/C58H107NO8/c1-3-5-7-9-11-13-15-17-19-21-23-25-26-28-29-31-33-35-37-39-41-43-45-47-52(61)51(50-66-58-57(65)56(64)55(63)53(49-60)67-58)59-54(62)48-46-44-42-40-38-36-34-32-30-27-24-22-20-18-16-14-12-10-8-6-4-2/h16,18,22,24,37,39,45,47,51-53,55-58,60-61,63-65H,3-15,17,19-21,23,25-36,38,40-44,46,48-50H2,1-2H3,(H,59,62)/b18-16-,24-22-,39-37+,47-45+. The van der Waals surface area contributed by atoms with Crippen molar-refractivity contribution in [3.8, 4) is 0 Å². The maximum absolute atomic E-state index is 13.0. The van der Waals surface area contributed by atoms with Gasteiger partial charge in [0.1, 0.15) is 24.4 Å². The van der Waals surface area contributed by atoms with Gasteiger partial charge in [-0.2, -0.15) is 0 Å². The van der Waals surface area contributed by atoms with Crippen molar-refractivity contribution in [3.63, 3.8) is 0 Å². The molecule has 1 aliphatic heterocycles. The molecule has 0 saturated carbocycles. The second-order valence-electron chi connectivity index (χ2n) is 19.7. The van der Waals surface area contributed by atoms with Crippen LogP contribution in [-0.2, 0) is 14.3 Å². The summed E-state index contributed by atoms with van der Waals surface area (Å²) >= 11 is 0. The zero-order chi connectivity index (χ0) is 48.7. The summed E-state index contributed by atoms with van der Waals surface area (Å²) < 4.78 is 11.3. The van der Waals surface area contributed by atoms with E-state index in [2.05, 4.69) is 55.6 Å². The Morgan fingerprint density at radius 3 is 1.34 bits per heavy atom. The van der Waals surface area contributed by atoms with Crippen molar-refractivity contribution >= 4 is 5.91 Å². The van der Waals surface area contributed by atoms with Crippen LogP contribution in [0.4, 0.5) is 0 Å². The maximum Gasteiger partial charge on any atom is 0.220 e. The molecule has 1 aliphatic rings. The lowest BCUT2D eigenvalue weighted by Gasteiger charge is -2.40. The average Bonchev–Trinajstić information content (AvgIpc) is 3.33. The first-order valence-corrected chi connectivity index (χ1v) is 28.4. The van der Waals surface area contributed by atoms with E-state index in [1.165, 1.54) is 186 Å². The summed E-state index contributed by atoms with van der Waals surface area (Å²) in [6.07, 6.45) is 56.0. The third kappa shape index (κ3) is 37.6. The van der Waals surface area contributed by atoms with Crippen molar-refractivity contribution < 1.29 is 39.8 Å². The van der Waals surface area contributed by atoms with E-state index in [0.717, 1.165) is 51.4 Å². The Labute approximate surface area is 412 Å². The number of hydrogen-bond donors (Lipinski definition) is 6. The fraction of sp³-hybridized carbons (Fsp3) is 0.845. The van der Waals surface area contributed by atoms with E-state index in [0.29, 0.717) is 6.42 Å². The van der Waals surface area contributed by atoms with Crippen LogP contribution in [0.5, 0.6) is 0 Å². The van der Waals surface area contributed by atoms with E-state index in [1.807, 2.05) is 6.08 Å². The van der Waals surface area contributed by atoms with Crippen molar-refractivity contribution in [2.24, 2.45) is 0 Å². The number of aliphatic hydroxyl groups excluding tert-OH is 5. The van der Waals surface area contributed by atoms with Gasteiger partial charge < -0.3 is 40.3 Å². The number of nitrogens with one attached hydrogen (secondary N) is 1. The van der Waals surface area contributed by atoms with Gasteiger partial charge in [-0.3, -0.25) is 4.79 Å². The summed E-state index contributed by atoms with van der Waals surface area (Å²) in [4.78, 5) is 13.0. The maximum atomic E-state index is 13.0. The SMILES string of the molecule is CCCCCCC/C=C\C/C=C\CCCCCCCCCCCC(=O)NC(COC1OC(CO)C(O)C(O)C1O)C(O)/C=C/CC/C=C/CCCCCCCCCCCCCCCCCCC. The second-order valence-corrected chi connectivity index (χ2v) is 19.7. The van der Waals surface area contributed by atoms with Gasteiger partial charge in [-0.1, -0.05) is 236 Å². The number of rotatable bonds is 48. The summed E-state index contributed by atoms with van der Waals surface area (Å²) in [5.74, 6) is -0.190. The molecule has 0 aromatic carbocycles. The molecule has 1 fully saturated rings. The molecule has 0 spiro atoms. The number of allylic oxidation sites excluding steroid dienone is 7. The number of aliphatic hydroxyl groups is 5. The van der Waals surface area contributed by atoms with Gasteiger partial charge in [-0.15, -0.1) is 0 Å². The molecule has 0 aromatic heterocycles. The zero-order valence-corrected chi connectivity index (χ0v) is 43.4. The molecule has 1 saturated heterocycles. The first kappa shape index (κ1) is 63.2. The quantitative estimate of drug-likeness (QED) is 0.0261. The van der Waals surface area contributed by atoms with Crippen LogP contribution in [0.1, 0.15) is 258 Å². The molecule has 0 radical (unpaired) electrons. The highest BCUT2D eigenvalue weighted by atomic mass is 16.7. The Bertz CT molecular complexity index is 1190. The van der Waals surface area contributed by atoms with Crippen LogP contribution < -0.4 is 5.32 Å². The van der Waals surface area contributed by atoms with E-state index >= 15 is 0 Å². The molecular weight excluding hydrogens is 839 g/mol. The number of unbranched alkanes of at least 4 members (excludes halogenated alkanes) is 32. The van der Waals surface area contributed by atoms with E-state index in [-0.39, 0.29) is 12.5 Å². The minimum atomic E-state index is -1.57. The lowest BCUT2D eigenvalue weighted by molar-refractivity contribution is -0.302. The number of amides is 1. The Morgan fingerprint density at radius 1 is 0.507 bits per heavy atom. The van der Waals surface area contributed by atoms with Gasteiger partial charge in [-0.25, -0.2) is 0 Å². The largest absolute Gasteiger partial charge is 0.394 e. The summed E-state index contributed by atoms with van der Waals surface area (Å²) in [5.41, 5.74) is 0. The van der Waals surface area contributed by atoms with Gasteiger partial charge in [0.15, 0.2) is 6.29 Å². The van der Waals surface area contributed by atoms with Crippen LogP contribution in [0.15, 0.2) is 48.6 Å². The van der Waals surface area contributed by atoms with Crippen LogP contribution in [-0.4, -0.2) is 87.5 Å². The van der Waals surface area contributed by atoms with E-state index < -0.39 is 49.5 Å². The molecule has 392 valence electrons. The smallest absolute Gasteiger partial charge is 0.220 e. The molecule has 0 aliphatic carbocycles. The summed E-state index contributed by atoms with van der Waals surface area (Å²) in [6, 6.07) is -0.825. The number of carbonyl (C=O) groups excluding carboxylic acids is 1. The molecule has 9 nitrogen and oxygen atoms in total. The van der Waals surface area contributed by atoms with Gasteiger partial charge >= 0.3 is 0 Å². The third-order valence-electron chi connectivity index (χ3n) is 13.4. The van der Waals surface area contributed by atoms with Gasteiger partial charge in [0, 0.05) is 6.42 Å². The molecule has 1 amide bonds. The van der Waals surface area contributed by atoms with Crippen molar-refractivity contribution in [3.05, 3.63) is 48.6 Å². The Hall–Kier alpha value is -1.85. The molecule has 0 bridgehead atoms. The highest BCUT2D eigenvalue weighted by molar-refractivity contribution is 5.76. The lowest BCUT2D eigenvalue weighted by atomic mass is 9.99. The van der Waals surface area contributed by atoms with Crippen LogP contribution in [0.25, 0.3) is 0 Å². The summed E-state index contributed by atoms with van der Waals surface area (Å²) in [7, 11) is 0. The molecule has 1 heterocycles. The highest BCUT2D eigenvalue weighted by Crippen LogP contribution is 2.23. The van der Waals surface area contributed by atoms with Gasteiger partial charge in [0.2, 0.25) is 5.91 Å². The molecule has 7 unspecified atom stereocenters. The topological polar surface area (TPSA) is 149 Å². The van der Waals surface area contributed by atoms with Crippen molar-refractivity contribution in [1.29, 1.82) is 0 Å². The lowest BCUT2D eigenvalue weighted by Crippen LogP contribution is -2.60. The fourth-order valence-electron chi connectivity index (χ4n) is 8.85. The fourth-order valence-corrected chi connectivity index (χ4v) is 8.85. The molecule has 9 heteroatoms. The van der Waals surface area contributed by atoms with E-state index in [9.17, 15) is 30.3 Å². The van der Waals surface area contributed by atoms with Crippen LogP contribution in [0.2, 0.25) is 0 Å². The van der Waals surface area contributed by atoms with Gasteiger partial charge in [-0.05, 0) is 64.2 Å². The van der Waals surface area contributed by atoms with Gasteiger partial charge in [0.05, 0.1) is 25.4 Å². The molecule has 1 rings (SSSR count). The van der Waals surface area contributed by atoms with Crippen LogP contribution >= 0.6 is 0 Å². The minimum absolute atomic E-state index is 0.190. The minimum Gasteiger partial charge on any atom is -0.394 e.